The maximum absolute atomic E-state index is 12.4. The number of aromatic carboxylic acids is 1. The molecule has 0 spiro atoms. The van der Waals surface area contributed by atoms with Gasteiger partial charge in [0.1, 0.15) is 0 Å². The summed E-state index contributed by atoms with van der Waals surface area (Å²) in [6.07, 6.45) is 16.0. The van der Waals surface area contributed by atoms with Gasteiger partial charge in [0.25, 0.3) is 0 Å². The van der Waals surface area contributed by atoms with Crippen LogP contribution in [0.25, 0.3) is 0 Å². The molecule has 2 aromatic rings. The van der Waals surface area contributed by atoms with Crippen LogP contribution in [0.2, 0.25) is 0 Å². The maximum atomic E-state index is 12.4. The molecule has 6 heteroatoms. The number of unbranched alkanes of at least 4 members (excludes halogenated alkanes) is 10. The number of hydrogen-bond acceptors (Lipinski definition) is 5. The van der Waals surface area contributed by atoms with Crippen LogP contribution in [0.1, 0.15) is 117 Å². The predicted octanol–water partition coefficient (Wildman–Crippen LogP) is 7.95. The number of esters is 1. The van der Waals surface area contributed by atoms with E-state index in [1.165, 1.54) is 44.9 Å². The number of aromatic nitrogens is 1. The summed E-state index contributed by atoms with van der Waals surface area (Å²) >= 11 is 1.60. The van der Waals surface area contributed by atoms with Gasteiger partial charge in [0, 0.05) is 11.6 Å². The minimum Gasteiger partial charge on any atom is -0.478 e. The summed E-state index contributed by atoms with van der Waals surface area (Å²) in [6, 6.07) is 5.15. The Morgan fingerprint density at radius 2 is 1.55 bits per heavy atom. The Labute approximate surface area is 203 Å². The quantitative estimate of drug-likeness (QED) is 0.197. The van der Waals surface area contributed by atoms with E-state index in [4.69, 9.17) is 4.74 Å². The Hall–Kier alpha value is -2.21. The highest BCUT2D eigenvalue weighted by Gasteiger charge is 2.21. The van der Waals surface area contributed by atoms with Crippen molar-refractivity contribution in [1.29, 1.82) is 0 Å². The van der Waals surface area contributed by atoms with Crippen LogP contribution in [0.5, 0.6) is 0 Å². The third-order valence-corrected chi connectivity index (χ3v) is 5.98. The highest BCUT2D eigenvalue weighted by molar-refractivity contribution is 7.07. The third kappa shape index (κ3) is 13.2. The summed E-state index contributed by atoms with van der Waals surface area (Å²) in [6.45, 7) is 4.73. The number of thiazole rings is 1. The van der Waals surface area contributed by atoms with Crippen LogP contribution >= 0.6 is 11.3 Å². The first-order valence-corrected chi connectivity index (χ1v) is 13.4. The van der Waals surface area contributed by atoms with Gasteiger partial charge in [-0.1, -0.05) is 90.2 Å². The van der Waals surface area contributed by atoms with E-state index in [0.717, 1.165) is 37.7 Å². The number of hydrogen-bond donors (Lipinski definition) is 1. The second-order valence-electron chi connectivity index (χ2n) is 8.24. The summed E-state index contributed by atoms with van der Waals surface area (Å²) in [5.41, 5.74) is 2.82. The molecule has 0 aliphatic rings. The summed E-state index contributed by atoms with van der Waals surface area (Å²) in [7, 11) is 0. The molecular formula is C27H41NO4S. The van der Waals surface area contributed by atoms with Crippen LogP contribution in [0.15, 0.2) is 35.3 Å². The van der Waals surface area contributed by atoms with Crippen molar-refractivity contribution in [3.8, 4) is 0 Å². The van der Waals surface area contributed by atoms with Gasteiger partial charge in [0.15, 0.2) is 0 Å². The number of carbonyl (C=O) groups is 2. The first-order valence-electron chi connectivity index (χ1n) is 12.5. The van der Waals surface area contributed by atoms with Crippen molar-refractivity contribution in [2.45, 2.75) is 97.3 Å². The molecule has 0 saturated heterocycles. The molecule has 1 aromatic carbocycles. The Bertz CT molecular complexity index is 744. The van der Waals surface area contributed by atoms with E-state index in [0.29, 0.717) is 13.0 Å². The number of rotatable bonds is 16. The number of ether oxygens (including phenoxy) is 1. The van der Waals surface area contributed by atoms with Crippen molar-refractivity contribution < 1.29 is 19.4 Å². The van der Waals surface area contributed by atoms with E-state index in [-0.39, 0.29) is 11.1 Å². The lowest BCUT2D eigenvalue weighted by Crippen LogP contribution is -2.15. The number of carboxylic acid groups (broad SMARTS) is 1. The van der Waals surface area contributed by atoms with Crippen LogP contribution in [-0.4, -0.2) is 28.6 Å². The molecular weight excluding hydrogens is 434 g/mol. The lowest BCUT2D eigenvalue weighted by molar-refractivity contribution is 0.0487. The zero-order valence-electron chi connectivity index (χ0n) is 20.4. The Morgan fingerprint density at radius 1 is 0.909 bits per heavy atom. The summed E-state index contributed by atoms with van der Waals surface area (Å²) < 4.78 is 5.35. The molecule has 5 nitrogen and oxygen atoms in total. The van der Waals surface area contributed by atoms with Crippen molar-refractivity contribution in [1.82, 2.24) is 4.98 Å². The first kappa shape index (κ1) is 28.8. The molecule has 1 heterocycles. The fourth-order valence-electron chi connectivity index (χ4n) is 3.63. The van der Waals surface area contributed by atoms with Gasteiger partial charge in [-0.25, -0.2) is 9.59 Å². The highest BCUT2D eigenvalue weighted by Crippen LogP contribution is 2.20. The van der Waals surface area contributed by atoms with Gasteiger partial charge < -0.3 is 9.84 Å². The first-order chi connectivity index (χ1) is 16.1. The second kappa shape index (κ2) is 19.3. The van der Waals surface area contributed by atoms with Crippen molar-refractivity contribution >= 4 is 23.3 Å². The third-order valence-electron chi connectivity index (χ3n) is 5.46. The van der Waals surface area contributed by atoms with Gasteiger partial charge in [0.05, 0.1) is 23.2 Å². The number of nitrogens with zero attached hydrogens (tertiary/aromatic N) is 1. The summed E-state index contributed by atoms with van der Waals surface area (Å²) in [5.74, 6) is -1.57. The van der Waals surface area contributed by atoms with E-state index >= 15 is 0 Å². The minimum absolute atomic E-state index is 0.115. The van der Waals surface area contributed by atoms with Crippen molar-refractivity contribution in [3.63, 3.8) is 0 Å². The van der Waals surface area contributed by atoms with Gasteiger partial charge in [-0.15, -0.1) is 11.3 Å². The average molecular weight is 476 g/mol. The Kier molecular flexibility index (Phi) is 16.8. The van der Waals surface area contributed by atoms with Crippen LogP contribution in [0.4, 0.5) is 0 Å². The largest absolute Gasteiger partial charge is 0.478 e. The minimum atomic E-state index is -1.05. The van der Waals surface area contributed by atoms with Crippen LogP contribution in [0, 0.1) is 0 Å². The van der Waals surface area contributed by atoms with Crippen molar-refractivity contribution in [3.05, 3.63) is 52.0 Å². The van der Waals surface area contributed by atoms with Crippen molar-refractivity contribution in [2.24, 2.45) is 0 Å². The lowest BCUT2D eigenvalue weighted by atomic mass is 9.96. The topological polar surface area (TPSA) is 76.5 Å². The highest BCUT2D eigenvalue weighted by atomic mass is 32.1. The molecule has 0 amide bonds. The number of benzene rings is 1. The van der Waals surface area contributed by atoms with E-state index in [1.54, 1.807) is 35.2 Å². The second-order valence-corrected chi connectivity index (χ2v) is 9.00. The molecule has 0 fully saturated rings. The van der Waals surface area contributed by atoms with E-state index in [9.17, 15) is 14.7 Å². The molecule has 0 aliphatic heterocycles. The fraction of sp³-hybridized carbons (Fsp3) is 0.593. The van der Waals surface area contributed by atoms with Gasteiger partial charge in [-0.3, -0.25) is 4.98 Å². The molecule has 2 rings (SSSR count). The number of carboxylic acids is 1. The molecule has 0 unspecified atom stereocenters. The predicted molar refractivity (Wildman–Crippen MR) is 136 cm³/mol. The van der Waals surface area contributed by atoms with Gasteiger partial charge in [-0.05, 0) is 30.9 Å². The Balaban J connectivity index is 0.000000953. The fourth-order valence-corrected chi connectivity index (χ4v) is 3.98. The van der Waals surface area contributed by atoms with E-state index in [2.05, 4.69) is 18.8 Å². The Morgan fingerprint density at radius 3 is 2.09 bits per heavy atom. The normalized spacial score (nSPS) is 10.4. The number of carbonyl (C=O) groups excluding carboxylic acids is 1. The average Bonchev–Trinajstić information content (AvgIpc) is 3.40. The lowest BCUT2D eigenvalue weighted by Gasteiger charge is -2.12. The number of aryl methyl sites for hydroxylation is 1. The molecule has 1 N–H and O–H groups in total. The molecule has 0 atom stereocenters. The molecule has 33 heavy (non-hydrogen) atoms. The smallest absolute Gasteiger partial charge is 0.339 e. The van der Waals surface area contributed by atoms with Crippen LogP contribution < -0.4 is 0 Å². The zero-order chi connectivity index (χ0) is 24.2. The monoisotopic (exact) mass is 475 g/mol. The standard InChI is InChI=1S/C24H38O4.C3H3NS/c1-3-5-7-9-11-13-16-20-17-15-18-21(22(20)23(25)26)24(27)28-19-14-12-10-8-6-4-2;1-2-5-3-4-1/h15,17-18H,3-14,16,19H2,1-2H3,(H,25,26);1-3H. The molecule has 0 radical (unpaired) electrons. The van der Waals surface area contributed by atoms with Gasteiger partial charge in [-0.2, -0.15) is 0 Å². The van der Waals surface area contributed by atoms with E-state index < -0.39 is 11.9 Å². The zero-order valence-corrected chi connectivity index (χ0v) is 21.2. The molecule has 184 valence electrons. The van der Waals surface area contributed by atoms with E-state index in [1.807, 2.05) is 11.4 Å². The van der Waals surface area contributed by atoms with Crippen LogP contribution in [0.3, 0.4) is 0 Å². The molecule has 0 aliphatic carbocycles. The van der Waals surface area contributed by atoms with Gasteiger partial charge in [0.2, 0.25) is 0 Å². The summed E-state index contributed by atoms with van der Waals surface area (Å²) in [4.78, 5) is 28.0. The maximum Gasteiger partial charge on any atom is 0.339 e. The van der Waals surface area contributed by atoms with Crippen molar-refractivity contribution in [2.75, 3.05) is 6.61 Å². The molecule has 1 aromatic heterocycles. The van der Waals surface area contributed by atoms with Gasteiger partial charge >= 0.3 is 11.9 Å². The molecule has 0 bridgehead atoms. The molecule has 0 saturated carbocycles. The summed E-state index contributed by atoms with van der Waals surface area (Å²) in [5, 5.41) is 11.6. The SMILES string of the molecule is CCCCCCCCOC(=O)c1cccc(CCCCCCCC)c1C(=O)O.c1cscn1. The van der Waals surface area contributed by atoms with Crippen LogP contribution in [-0.2, 0) is 11.2 Å².